The summed E-state index contributed by atoms with van der Waals surface area (Å²) in [5.41, 5.74) is -4.68. The standard InChI is InChI=1S/C37H68N2O13/c1-14-25-37(10,45)30(41)20(4)27(38-46)18(2)16-35(8,44)32(52-34-28(40)24(39(11)12)15-19(3)48-34)21(5)29(22(6)33(43)50-25)51-26-17-36(9,47-13)31(42)23(7)49-26/h18-26,28-32,34,40-42,44-46H,14-17H2,1-13H3/b38-27+/t18-,19-,20+,21+,22-,23+,24+,25-,26+,28-,29+,30-,31+,32-,34+,35-,36-,37-/m1/s1. The number of rotatable bonds is 7. The number of esters is 1. The number of ether oxygens (including phenoxy) is 6. The van der Waals surface area contributed by atoms with Crippen molar-refractivity contribution in [3.05, 3.63) is 0 Å². The molecule has 6 N–H and O–H groups in total. The predicted molar refractivity (Wildman–Crippen MR) is 190 cm³/mol. The van der Waals surface area contributed by atoms with Gasteiger partial charge in [0.1, 0.15) is 23.9 Å². The summed E-state index contributed by atoms with van der Waals surface area (Å²) >= 11 is 0. The van der Waals surface area contributed by atoms with Crippen molar-refractivity contribution >= 4 is 11.7 Å². The van der Waals surface area contributed by atoms with Gasteiger partial charge in [0.05, 0.1) is 53.4 Å². The van der Waals surface area contributed by atoms with Crippen LogP contribution in [0.3, 0.4) is 0 Å². The molecule has 0 radical (unpaired) electrons. The lowest BCUT2D eigenvalue weighted by atomic mass is 9.73. The molecule has 0 aromatic heterocycles. The third-order valence-electron chi connectivity index (χ3n) is 12.0. The maximum atomic E-state index is 14.1. The summed E-state index contributed by atoms with van der Waals surface area (Å²) in [7, 11) is 5.19. The molecule has 304 valence electrons. The molecule has 3 fully saturated rings. The highest BCUT2D eigenvalue weighted by atomic mass is 16.7. The molecule has 3 aliphatic rings. The highest BCUT2D eigenvalue weighted by Gasteiger charge is 2.53. The van der Waals surface area contributed by atoms with E-state index in [-0.39, 0.29) is 37.1 Å². The third kappa shape index (κ3) is 9.47. The minimum Gasteiger partial charge on any atom is -0.459 e. The number of oxime groups is 1. The van der Waals surface area contributed by atoms with Crippen LogP contribution in [0.5, 0.6) is 0 Å². The molecule has 18 atom stereocenters. The number of hydrogen-bond donors (Lipinski definition) is 6. The van der Waals surface area contributed by atoms with E-state index in [0.29, 0.717) is 6.42 Å². The van der Waals surface area contributed by atoms with Gasteiger partial charge in [0.15, 0.2) is 12.6 Å². The fourth-order valence-electron chi connectivity index (χ4n) is 8.61. The van der Waals surface area contributed by atoms with Crippen LogP contribution in [0, 0.1) is 23.7 Å². The average Bonchev–Trinajstić information content (AvgIpc) is 3.06. The highest BCUT2D eigenvalue weighted by molar-refractivity contribution is 5.88. The molecule has 0 bridgehead atoms. The fraction of sp³-hybridized carbons (Fsp3) is 0.946. The van der Waals surface area contributed by atoms with E-state index in [2.05, 4.69) is 5.16 Å². The minimum atomic E-state index is -1.97. The van der Waals surface area contributed by atoms with Gasteiger partial charge in [-0.05, 0) is 74.9 Å². The first-order valence-electron chi connectivity index (χ1n) is 18.7. The summed E-state index contributed by atoms with van der Waals surface area (Å²) in [6, 6.07) is -0.322. The first-order valence-corrected chi connectivity index (χ1v) is 18.7. The van der Waals surface area contributed by atoms with Crippen LogP contribution in [0.15, 0.2) is 5.16 Å². The molecule has 3 saturated heterocycles. The molecule has 15 nitrogen and oxygen atoms in total. The van der Waals surface area contributed by atoms with Crippen LogP contribution in [-0.4, -0.2) is 153 Å². The molecule has 0 aromatic rings. The Morgan fingerprint density at radius 1 is 0.923 bits per heavy atom. The lowest BCUT2D eigenvalue weighted by molar-refractivity contribution is -0.317. The van der Waals surface area contributed by atoms with E-state index in [0.717, 1.165) is 0 Å². The van der Waals surface area contributed by atoms with Crippen molar-refractivity contribution in [2.75, 3.05) is 21.2 Å². The summed E-state index contributed by atoms with van der Waals surface area (Å²) in [5, 5.41) is 71.8. The van der Waals surface area contributed by atoms with Crippen LogP contribution in [0.1, 0.15) is 94.9 Å². The Kier molecular flexibility index (Phi) is 15.1. The Hall–Kier alpha value is -1.50. The van der Waals surface area contributed by atoms with Crippen molar-refractivity contribution in [3.63, 3.8) is 0 Å². The molecule has 0 unspecified atom stereocenters. The molecule has 52 heavy (non-hydrogen) atoms. The Bertz CT molecular complexity index is 1200. The van der Waals surface area contributed by atoms with Crippen molar-refractivity contribution in [2.45, 2.75) is 179 Å². The smallest absolute Gasteiger partial charge is 0.311 e. The van der Waals surface area contributed by atoms with Gasteiger partial charge in [-0.3, -0.25) is 4.79 Å². The molecule has 15 heteroatoms. The number of methoxy groups -OCH3 is 1. The molecule has 3 aliphatic heterocycles. The third-order valence-corrected chi connectivity index (χ3v) is 12.0. The molecule has 0 spiro atoms. The number of carbonyl (C=O) groups is 1. The number of likely N-dealkylation sites (N-methyl/N-ethyl adjacent to an activating group) is 1. The molecule has 3 rings (SSSR count). The summed E-state index contributed by atoms with van der Waals surface area (Å²) in [6.07, 6.45) is -9.51. The van der Waals surface area contributed by atoms with Crippen molar-refractivity contribution in [1.29, 1.82) is 0 Å². The van der Waals surface area contributed by atoms with E-state index < -0.39 is 102 Å². The number of aliphatic hydroxyl groups is 5. The van der Waals surface area contributed by atoms with Gasteiger partial charge in [0.2, 0.25) is 0 Å². The van der Waals surface area contributed by atoms with Crippen LogP contribution in [0.4, 0.5) is 0 Å². The van der Waals surface area contributed by atoms with Gasteiger partial charge in [0.25, 0.3) is 0 Å². The second kappa shape index (κ2) is 17.5. The summed E-state index contributed by atoms with van der Waals surface area (Å²) in [4.78, 5) is 16.0. The maximum Gasteiger partial charge on any atom is 0.311 e. The second-order valence-corrected chi connectivity index (χ2v) is 16.6. The first kappa shape index (κ1) is 44.9. The van der Waals surface area contributed by atoms with Gasteiger partial charge >= 0.3 is 5.97 Å². The maximum absolute atomic E-state index is 14.1. The van der Waals surface area contributed by atoms with E-state index in [1.807, 2.05) is 25.9 Å². The SMILES string of the molecule is CC[C@H]1OC(=O)[C@H](C)[C@@H](O[C@H]2C[C@@](C)(OC)[C@@H](O)[C@H](C)O2)[C@H](C)[C@@H](O[C@@H]2O[C@H](C)C[C@H](N(C)C)[C@H]2O)[C@](C)(O)C[C@@H](C)/C(=N\O)[C@H](C)[C@@H](O)[C@]1(C)O. The van der Waals surface area contributed by atoms with Crippen molar-refractivity contribution < 1.29 is 64.0 Å². The molecular formula is C37H68N2O13. The number of nitrogens with zero attached hydrogens (tertiary/aromatic N) is 2. The lowest BCUT2D eigenvalue weighted by Gasteiger charge is -2.49. The number of hydrogen-bond acceptors (Lipinski definition) is 15. The van der Waals surface area contributed by atoms with Gasteiger partial charge < -0.3 is 64.1 Å². The van der Waals surface area contributed by atoms with E-state index in [4.69, 9.17) is 28.4 Å². The fourth-order valence-corrected chi connectivity index (χ4v) is 8.61. The van der Waals surface area contributed by atoms with Crippen LogP contribution < -0.4 is 0 Å². The number of cyclic esters (lactones) is 1. The van der Waals surface area contributed by atoms with Crippen LogP contribution in [0.2, 0.25) is 0 Å². The number of carbonyl (C=O) groups excluding carboxylic acids is 1. The van der Waals surface area contributed by atoms with Crippen LogP contribution >= 0.6 is 0 Å². The molecule has 0 aromatic carbocycles. The molecule has 0 saturated carbocycles. The Morgan fingerprint density at radius 3 is 2.08 bits per heavy atom. The Morgan fingerprint density at radius 2 is 1.54 bits per heavy atom. The molecule has 0 aliphatic carbocycles. The van der Waals surface area contributed by atoms with E-state index in [1.165, 1.54) is 14.0 Å². The minimum absolute atomic E-state index is 0.0657. The van der Waals surface area contributed by atoms with E-state index in [9.17, 15) is 35.5 Å². The zero-order chi connectivity index (χ0) is 39.7. The van der Waals surface area contributed by atoms with Crippen molar-refractivity contribution in [1.82, 2.24) is 4.90 Å². The summed E-state index contributed by atoms with van der Waals surface area (Å²) in [6.45, 7) is 16.6. The molecular weight excluding hydrogens is 680 g/mol. The van der Waals surface area contributed by atoms with Gasteiger partial charge in [-0.2, -0.15) is 0 Å². The van der Waals surface area contributed by atoms with E-state index in [1.54, 1.807) is 55.4 Å². The molecule has 3 heterocycles. The normalized spacial score (nSPS) is 49.8. The summed E-state index contributed by atoms with van der Waals surface area (Å²) < 4.78 is 37.2. The van der Waals surface area contributed by atoms with Crippen LogP contribution in [-0.2, 0) is 33.2 Å². The van der Waals surface area contributed by atoms with Gasteiger partial charge in [0, 0.05) is 37.3 Å². The Labute approximate surface area is 309 Å². The highest BCUT2D eigenvalue weighted by Crippen LogP contribution is 2.41. The van der Waals surface area contributed by atoms with Crippen molar-refractivity contribution in [3.8, 4) is 0 Å². The van der Waals surface area contributed by atoms with Crippen LogP contribution in [0.25, 0.3) is 0 Å². The summed E-state index contributed by atoms with van der Waals surface area (Å²) in [5.74, 6) is -4.24. The largest absolute Gasteiger partial charge is 0.459 e. The van der Waals surface area contributed by atoms with Crippen molar-refractivity contribution in [2.24, 2.45) is 28.8 Å². The van der Waals surface area contributed by atoms with E-state index >= 15 is 0 Å². The molecule has 0 amide bonds. The average molecular weight is 749 g/mol. The zero-order valence-electron chi connectivity index (χ0n) is 33.4. The zero-order valence-corrected chi connectivity index (χ0v) is 33.4. The van der Waals surface area contributed by atoms with Gasteiger partial charge in [-0.15, -0.1) is 0 Å². The number of aliphatic hydroxyl groups excluding tert-OH is 3. The van der Waals surface area contributed by atoms with Gasteiger partial charge in [-0.1, -0.05) is 32.9 Å². The Balaban J connectivity index is 2.21. The predicted octanol–water partition coefficient (Wildman–Crippen LogP) is 2.05. The van der Waals surface area contributed by atoms with Gasteiger partial charge in [-0.25, -0.2) is 0 Å². The lowest BCUT2D eigenvalue weighted by Crippen LogP contribution is -2.61. The monoisotopic (exact) mass is 748 g/mol. The quantitative estimate of drug-likeness (QED) is 0.125. The first-order chi connectivity index (χ1) is 24.0. The topological polar surface area (TPSA) is 209 Å². The second-order valence-electron chi connectivity index (χ2n) is 16.6.